The van der Waals surface area contributed by atoms with Gasteiger partial charge >= 0.3 is 0 Å². The standard InChI is InChI=1S/C13H21N3O3S/c1-3-10(9-14)8-13(17)15-11-4-6-12(7-5-11)16-20(2,18)19/h4-7,10,16H,3,8-9,14H2,1-2H3,(H,15,17). The van der Waals surface area contributed by atoms with Gasteiger partial charge in [-0.15, -0.1) is 0 Å². The van der Waals surface area contributed by atoms with E-state index in [1.54, 1.807) is 24.3 Å². The molecule has 1 rings (SSSR count). The number of sulfonamides is 1. The van der Waals surface area contributed by atoms with Crippen molar-refractivity contribution in [1.82, 2.24) is 0 Å². The highest BCUT2D eigenvalue weighted by Crippen LogP contribution is 2.15. The van der Waals surface area contributed by atoms with Crippen LogP contribution in [0.15, 0.2) is 24.3 Å². The number of rotatable bonds is 7. The van der Waals surface area contributed by atoms with Gasteiger partial charge in [-0.25, -0.2) is 8.42 Å². The third-order valence-electron chi connectivity index (χ3n) is 2.86. The Labute approximate surface area is 119 Å². The Kier molecular flexibility index (Phi) is 5.97. The first-order valence-electron chi connectivity index (χ1n) is 6.41. The summed E-state index contributed by atoms with van der Waals surface area (Å²) in [6, 6.07) is 6.48. The predicted molar refractivity (Wildman–Crippen MR) is 81.0 cm³/mol. The van der Waals surface area contributed by atoms with E-state index in [0.717, 1.165) is 12.7 Å². The van der Waals surface area contributed by atoms with E-state index in [1.165, 1.54) is 0 Å². The summed E-state index contributed by atoms with van der Waals surface area (Å²) in [4.78, 5) is 11.8. The number of amides is 1. The van der Waals surface area contributed by atoms with Crippen molar-refractivity contribution in [3.63, 3.8) is 0 Å². The normalized spacial score (nSPS) is 12.8. The molecule has 112 valence electrons. The van der Waals surface area contributed by atoms with Crippen molar-refractivity contribution in [1.29, 1.82) is 0 Å². The molecule has 1 aromatic carbocycles. The monoisotopic (exact) mass is 299 g/mol. The van der Waals surface area contributed by atoms with Gasteiger partial charge < -0.3 is 11.1 Å². The average Bonchev–Trinajstić information content (AvgIpc) is 2.36. The van der Waals surface area contributed by atoms with E-state index < -0.39 is 10.0 Å². The van der Waals surface area contributed by atoms with Crippen molar-refractivity contribution >= 4 is 27.3 Å². The van der Waals surface area contributed by atoms with E-state index in [9.17, 15) is 13.2 Å². The summed E-state index contributed by atoms with van der Waals surface area (Å²) in [6.07, 6.45) is 2.33. The number of hydrogen-bond acceptors (Lipinski definition) is 4. The van der Waals surface area contributed by atoms with Crippen LogP contribution < -0.4 is 15.8 Å². The lowest BCUT2D eigenvalue weighted by molar-refractivity contribution is -0.117. The minimum atomic E-state index is -3.29. The lowest BCUT2D eigenvalue weighted by atomic mass is 10.0. The number of benzene rings is 1. The van der Waals surface area contributed by atoms with Crippen LogP contribution in [0.2, 0.25) is 0 Å². The molecule has 6 nitrogen and oxygen atoms in total. The van der Waals surface area contributed by atoms with E-state index in [-0.39, 0.29) is 11.8 Å². The van der Waals surface area contributed by atoms with Gasteiger partial charge in [-0.05, 0) is 36.7 Å². The van der Waals surface area contributed by atoms with Crippen LogP contribution in [0.1, 0.15) is 19.8 Å². The van der Waals surface area contributed by atoms with Crippen molar-refractivity contribution in [2.75, 3.05) is 22.8 Å². The molecule has 1 aromatic rings. The van der Waals surface area contributed by atoms with E-state index >= 15 is 0 Å². The smallest absolute Gasteiger partial charge is 0.229 e. The number of carbonyl (C=O) groups is 1. The quantitative estimate of drug-likeness (QED) is 0.707. The molecule has 0 bridgehead atoms. The van der Waals surface area contributed by atoms with E-state index in [4.69, 9.17) is 5.73 Å². The van der Waals surface area contributed by atoms with Gasteiger partial charge in [0, 0.05) is 17.8 Å². The second-order valence-corrected chi connectivity index (χ2v) is 6.46. The van der Waals surface area contributed by atoms with Crippen molar-refractivity contribution in [3.8, 4) is 0 Å². The zero-order valence-electron chi connectivity index (χ0n) is 11.7. The number of anilines is 2. The summed E-state index contributed by atoms with van der Waals surface area (Å²) in [6.45, 7) is 2.48. The van der Waals surface area contributed by atoms with Gasteiger partial charge in [-0.3, -0.25) is 9.52 Å². The first-order chi connectivity index (χ1) is 9.34. The van der Waals surface area contributed by atoms with Crippen molar-refractivity contribution in [2.24, 2.45) is 11.7 Å². The zero-order valence-corrected chi connectivity index (χ0v) is 12.5. The Morgan fingerprint density at radius 2 is 1.80 bits per heavy atom. The van der Waals surface area contributed by atoms with Crippen LogP contribution in [-0.4, -0.2) is 27.1 Å². The van der Waals surface area contributed by atoms with Crippen molar-refractivity contribution < 1.29 is 13.2 Å². The third kappa shape index (κ3) is 6.03. The lowest BCUT2D eigenvalue weighted by Crippen LogP contribution is -2.21. The SMILES string of the molecule is CCC(CN)CC(=O)Nc1ccc(NS(C)(=O)=O)cc1. The van der Waals surface area contributed by atoms with Gasteiger partial charge in [0.25, 0.3) is 0 Å². The molecular weight excluding hydrogens is 278 g/mol. The summed E-state index contributed by atoms with van der Waals surface area (Å²) in [5.74, 6) is 0.0901. The van der Waals surface area contributed by atoms with Gasteiger partial charge in [0.2, 0.25) is 15.9 Å². The number of hydrogen-bond donors (Lipinski definition) is 3. The van der Waals surface area contributed by atoms with Gasteiger partial charge in [-0.1, -0.05) is 13.3 Å². The first-order valence-corrected chi connectivity index (χ1v) is 8.31. The third-order valence-corrected chi connectivity index (χ3v) is 3.46. The van der Waals surface area contributed by atoms with Crippen LogP contribution in [-0.2, 0) is 14.8 Å². The number of carbonyl (C=O) groups excluding carboxylic acids is 1. The molecule has 1 amide bonds. The summed E-state index contributed by atoms with van der Waals surface area (Å²) in [5.41, 5.74) is 6.64. The molecule has 0 aliphatic carbocycles. The van der Waals surface area contributed by atoms with Gasteiger partial charge in [0.1, 0.15) is 0 Å². The topological polar surface area (TPSA) is 101 Å². The summed E-state index contributed by atoms with van der Waals surface area (Å²) in [7, 11) is -3.29. The predicted octanol–water partition coefficient (Wildman–Crippen LogP) is 1.37. The van der Waals surface area contributed by atoms with Crippen LogP contribution in [0.3, 0.4) is 0 Å². The molecule has 0 fully saturated rings. The highest BCUT2D eigenvalue weighted by atomic mass is 32.2. The van der Waals surface area contributed by atoms with Crippen LogP contribution in [0.25, 0.3) is 0 Å². The number of nitrogens with one attached hydrogen (secondary N) is 2. The molecule has 4 N–H and O–H groups in total. The molecule has 0 aliphatic rings. The minimum absolute atomic E-state index is 0.0916. The summed E-state index contributed by atoms with van der Waals surface area (Å²) in [5, 5.41) is 2.76. The fourth-order valence-electron chi connectivity index (χ4n) is 1.70. The maximum absolute atomic E-state index is 11.8. The maximum Gasteiger partial charge on any atom is 0.229 e. The van der Waals surface area contributed by atoms with Crippen LogP contribution >= 0.6 is 0 Å². The molecule has 0 spiro atoms. The van der Waals surface area contributed by atoms with Gasteiger partial charge in [0.05, 0.1) is 6.26 Å². The average molecular weight is 299 g/mol. The molecule has 0 saturated heterocycles. The molecule has 1 atom stereocenters. The molecule has 0 saturated carbocycles. The van der Waals surface area contributed by atoms with E-state index in [2.05, 4.69) is 10.0 Å². The van der Waals surface area contributed by atoms with Crippen LogP contribution in [0, 0.1) is 5.92 Å². The molecule has 0 heterocycles. The Bertz CT molecular complexity index is 536. The summed E-state index contributed by atoms with van der Waals surface area (Å²) >= 11 is 0. The highest BCUT2D eigenvalue weighted by Gasteiger charge is 2.10. The first kappa shape index (κ1) is 16.5. The molecule has 0 aliphatic heterocycles. The van der Waals surface area contributed by atoms with Crippen molar-refractivity contribution in [2.45, 2.75) is 19.8 Å². The zero-order chi connectivity index (χ0) is 15.2. The lowest BCUT2D eigenvalue weighted by Gasteiger charge is -2.12. The second kappa shape index (κ2) is 7.25. The minimum Gasteiger partial charge on any atom is -0.330 e. The van der Waals surface area contributed by atoms with E-state index in [1.807, 2.05) is 6.92 Å². The van der Waals surface area contributed by atoms with Crippen molar-refractivity contribution in [3.05, 3.63) is 24.3 Å². The Morgan fingerprint density at radius 3 is 2.25 bits per heavy atom. The molecule has 0 aromatic heterocycles. The molecule has 7 heteroatoms. The van der Waals surface area contributed by atoms with Gasteiger partial charge in [-0.2, -0.15) is 0 Å². The molecule has 0 radical (unpaired) electrons. The molecular formula is C13H21N3O3S. The summed E-state index contributed by atoms with van der Waals surface area (Å²) < 4.78 is 24.5. The van der Waals surface area contributed by atoms with Gasteiger partial charge in [0.15, 0.2) is 0 Å². The Morgan fingerprint density at radius 1 is 1.25 bits per heavy atom. The second-order valence-electron chi connectivity index (χ2n) is 4.71. The fourth-order valence-corrected chi connectivity index (χ4v) is 2.27. The Hall–Kier alpha value is -1.60. The maximum atomic E-state index is 11.8. The van der Waals surface area contributed by atoms with Crippen LogP contribution in [0.5, 0.6) is 0 Å². The largest absolute Gasteiger partial charge is 0.330 e. The molecule has 20 heavy (non-hydrogen) atoms. The number of nitrogens with two attached hydrogens (primary N) is 1. The van der Waals surface area contributed by atoms with Crippen LogP contribution in [0.4, 0.5) is 11.4 Å². The Balaban J connectivity index is 2.59. The fraction of sp³-hybridized carbons (Fsp3) is 0.462. The molecule has 1 unspecified atom stereocenters. The van der Waals surface area contributed by atoms with E-state index in [0.29, 0.717) is 24.3 Å². The highest BCUT2D eigenvalue weighted by molar-refractivity contribution is 7.92.